The summed E-state index contributed by atoms with van der Waals surface area (Å²) < 4.78 is 0. The van der Waals surface area contributed by atoms with Crippen molar-refractivity contribution in [1.82, 2.24) is 4.90 Å². The third kappa shape index (κ3) is 4.03. The third-order valence-corrected chi connectivity index (χ3v) is 10.7. The van der Waals surface area contributed by atoms with Gasteiger partial charge in [0, 0.05) is 12.5 Å². The summed E-state index contributed by atoms with van der Waals surface area (Å²) in [4.78, 5) is 43.0. The largest absolute Gasteiger partial charge is 0.480 e. The number of carbonyl (C=O) groups is 3. The van der Waals surface area contributed by atoms with Gasteiger partial charge in [0.25, 0.3) is 5.91 Å². The Morgan fingerprint density at radius 1 is 1.09 bits per heavy atom. The molecule has 5 rings (SSSR count). The molecule has 0 radical (unpaired) electrons. The van der Waals surface area contributed by atoms with Crippen LogP contribution in [-0.2, 0) is 19.2 Å². The van der Waals surface area contributed by atoms with E-state index in [-0.39, 0.29) is 29.3 Å². The second-order valence-electron chi connectivity index (χ2n) is 12.2. The summed E-state index contributed by atoms with van der Waals surface area (Å²) in [6.45, 7) is 6.88. The molecule has 0 aromatic rings. The Kier molecular flexibility index (Phi) is 6.33. The van der Waals surface area contributed by atoms with E-state index in [0.29, 0.717) is 42.9 Å². The van der Waals surface area contributed by atoms with Gasteiger partial charge in [0.2, 0.25) is 0 Å². The molecule has 3 saturated carbocycles. The lowest BCUT2D eigenvalue weighted by atomic mass is 9.46. The first-order valence-electron chi connectivity index (χ1n) is 13.6. The number of likely N-dealkylation sites (tertiary alicyclic amines) is 1. The number of aliphatic carboxylic acids is 1. The van der Waals surface area contributed by atoms with E-state index >= 15 is 0 Å². The van der Waals surface area contributed by atoms with Crippen LogP contribution < -0.4 is 0 Å². The SMILES string of the molecule is CC(=O)C1CCC2C3CCC4=CC(=NOCC(=O)N5CCCC5C(=O)O)CC[C@]4(C)C3CC[C@]12C. The van der Waals surface area contributed by atoms with Crippen LogP contribution >= 0.6 is 0 Å². The summed E-state index contributed by atoms with van der Waals surface area (Å²) in [5.41, 5.74) is 2.71. The molecule has 35 heavy (non-hydrogen) atoms. The van der Waals surface area contributed by atoms with Gasteiger partial charge in [0.15, 0.2) is 6.61 Å². The molecule has 1 amide bonds. The molecule has 4 aliphatic carbocycles. The van der Waals surface area contributed by atoms with Crippen LogP contribution in [0.3, 0.4) is 0 Å². The molecule has 0 bridgehead atoms. The lowest BCUT2D eigenvalue weighted by Gasteiger charge is -2.58. The number of carbonyl (C=O) groups excluding carboxylic acids is 2. The molecule has 5 aliphatic rings. The zero-order valence-corrected chi connectivity index (χ0v) is 21.4. The van der Waals surface area contributed by atoms with E-state index < -0.39 is 12.0 Å². The lowest BCUT2D eigenvalue weighted by molar-refractivity contribution is -0.150. The second kappa shape index (κ2) is 9.04. The van der Waals surface area contributed by atoms with E-state index in [1.807, 2.05) is 0 Å². The zero-order valence-electron chi connectivity index (χ0n) is 21.4. The Bertz CT molecular complexity index is 972. The maximum Gasteiger partial charge on any atom is 0.326 e. The normalized spacial score (nSPS) is 41.6. The number of amides is 1. The van der Waals surface area contributed by atoms with Crippen molar-refractivity contribution in [1.29, 1.82) is 0 Å². The third-order valence-electron chi connectivity index (χ3n) is 10.7. The maximum absolute atomic E-state index is 12.5. The average molecular weight is 485 g/mol. The quantitative estimate of drug-likeness (QED) is 0.575. The number of hydrogen-bond donors (Lipinski definition) is 1. The molecular formula is C28H40N2O5. The van der Waals surface area contributed by atoms with Crippen molar-refractivity contribution in [2.24, 2.45) is 39.7 Å². The van der Waals surface area contributed by atoms with Crippen LogP contribution in [0.4, 0.5) is 0 Å². The van der Waals surface area contributed by atoms with Gasteiger partial charge in [-0.25, -0.2) is 4.79 Å². The first kappa shape index (κ1) is 24.5. The summed E-state index contributed by atoms with van der Waals surface area (Å²) >= 11 is 0. The number of rotatable bonds is 5. The molecule has 1 heterocycles. The van der Waals surface area contributed by atoms with Crippen molar-refractivity contribution < 1.29 is 24.3 Å². The summed E-state index contributed by atoms with van der Waals surface area (Å²) in [7, 11) is 0. The molecule has 1 saturated heterocycles. The molecule has 4 fully saturated rings. The van der Waals surface area contributed by atoms with Gasteiger partial charge in [-0.3, -0.25) is 9.59 Å². The van der Waals surface area contributed by atoms with E-state index in [2.05, 4.69) is 25.1 Å². The standard InChI is InChI=1S/C28H40N2O5/c1-17(31)21-8-9-22-20-7-6-18-15-19(10-12-27(18,2)23(20)11-13-28(21,22)3)29-35-16-25(32)30-14-4-5-24(30)26(33)34/h15,20-24H,4-14,16H2,1-3H3,(H,33,34)/t20?,21?,22?,23?,24?,27-,28+/m0/s1. The fourth-order valence-corrected chi connectivity index (χ4v) is 8.89. The summed E-state index contributed by atoms with van der Waals surface area (Å²) in [6.07, 6.45) is 12.2. The summed E-state index contributed by atoms with van der Waals surface area (Å²) in [6, 6.07) is -0.741. The number of hydrogen-bond acceptors (Lipinski definition) is 5. The van der Waals surface area contributed by atoms with Crippen molar-refractivity contribution in [3.63, 3.8) is 0 Å². The van der Waals surface area contributed by atoms with Crippen molar-refractivity contribution in [2.75, 3.05) is 13.2 Å². The van der Waals surface area contributed by atoms with E-state index in [1.165, 1.54) is 29.7 Å². The Labute approximate surface area is 208 Å². The highest BCUT2D eigenvalue weighted by Crippen LogP contribution is 2.66. The molecule has 1 N–H and O–H groups in total. The summed E-state index contributed by atoms with van der Waals surface area (Å²) in [5.74, 6) is 1.41. The highest BCUT2D eigenvalue weighted by Gasteiger charge is 2.59. The van der Waals surface area contributed by atoms with Crippen molar-refractivity contribution >= 4 is 23.4 Å². The molecule has 1 aliphatic heterocycles. The number of fused-ring (bicyclic) bond motifs is 5. The average Bonchev–Trinajstić information content (AvgIpc) is 3.44. The van der Waals surface area contributed by atoms with Crippen LogP contribution in [0.1, 0.15) is 85.0 Å². The number of nitrogens with zero attached hydrogens (tertiary/aromatic N) is 2. The smallest absolute Gasteiger partial charge is 0.326 e. The first-order chi connectivity index (χ1) is 16.6. The molecule has 0 aromatic carbocycles. The van der Waals surface area contributed by atoms with Gasteiger partial charge < -0.3 is 14.8 Å². The summed E-state index contributed by atoms with van der Waals surface area (Å²) in [5, 5.41) is 13.6. The highest BCUT2D eigenvalue weighted by atomic mass is 16.6. The second-order valence-corrected chi connectivity index (χ2v) is 12.2. The number of allylic oxidation sites excluding steroid dienone is 2. The number of carboxylic acid groups (broad SMARTS) is 1. The fourth-order valence-electron chi connectivity index (χ4n) is 8.89. The first-order valence-corrected chi connectivity index (χ1v) is 13.6. The molecule has 7 heteroatoms. The number of ketones is 1. The molecular weight excluding hydrogens is 444 g/mol. The molecule has 7 nitrogen and oxygen atoms in total. The van der Waals surface area contributed by atoms with Gasteiger partial charge >= 0.3 is 5.97 Å². The van der Waals surface area contributed by atoms with Crippen LogP contribution in [0, 0.1) is 34.5 Å². The Balaban J connectivity index is 1.24. The molecule has 5 unspecified atom stereocenters. The maximum atomic E-state index is 12.5. The van der Waals surface area contributed by atoms with Crippen molar-refractivity contribution in [3.8, 4) is 0 Å². The van der Waals surface area contributed by atoms with Gasteiger partial charge in [0.05, 0.1) is 5.71 Å². The van der Waals surface area contributed by atoms with Gasteiger partial charge in [-0.05, 0) is 106 Å². The van der Waals surface area contributed by atoms with E-state index in [9.17, 15) is 19.5 Å². The van der Waals surface area contributed by atoms with Gasteiger partial charge in [-0.2, -0.15) is 0 Å². The molecule has 0 aromatic heterocycles. The van der Waals surface area contributed by atoms with Crippen molar-refractivity contribution in [2.45, 2.75) is 91.0 Å². The van der Waals surface area contributed by atoms with Crippen LogP contribution in [0.2, 0.25) is 0 Å². The Morgan fingerprint density at radius 3 is 2.63 bits per heavy atom. The topological polar surface area (TPSA) is 96.3 Å². The van der Waals surface area contributed by atoms with E-state index in [4.69, 9.17) is 4.84 Å². The van der Waals surface area contributed by atoms with Gasteiger partial charge in [-0.1, -0.05) is 24.6 Å². The highest BCUT2D eigenvalue weighted by molar-refractivity contribution is 5.96. The van der Waals surface area contributed by atoms with Crippen LogP contribution in [-0.4, -0.2) is 52.6 Å². The molecule has 0 spiro atoms. The predicted octanol–water partition coefficient (Wildman–Crippen LogP) is 4.60. The Hall–Kier alpha value is -2.18. The zero-order chi connectivity index (χ0) is 25.0. The van der Waals surface area contributed by atoms with Crippen LogP contribution in [0.15, 0.2) is 16.8 Å². The predicted molar refractivity (Wildman–Crippen MR) is 132 cm³/mol. The minimum atomic E-state index is -0.952. The van der Waals surface area contributed by atoms with Crippen LogP contribution in [0.5, 0.6) is 0 Å². The minimum Gasteiger partial charge on any atom is -0.480 e. The number of carboxylic acids is 1. The van der Waals surface area contributed by atoms with E-state index in [0.717, 1.165) is 37.8 Å². The minimum absolute atomic E-state index is 0.178. The number of Topliss-reactive ketones (excluding diaryl/α,β-unsaturated/α-hetero) is 1. The molecule has 192 valence electrons. The molecule has 7 atom stereocenters. The van der Waals surface area contributed by atoms with Crippen LogP contribution in [0.25, 0.3) is 0 Å². The monoisotopic (exact) mass is 484 g/mol. The fraction of sp³-hybridized carbons (Fsp3) is 0.786. The van der Waals surface area contributed by atoms with Gasteiger partial charge in [0.1, 0.15) is 11.8 Å². The number of oxime groups is 1. The van der Waals surface area contributed by atoms with Gasteiger partial charge in [-0.15, -0.1) is 0 Å². The van der Waals surface area contributed by atoms with E-state index in [1.54, 1.807) is 6.92 Å². The lowest BCUT2D eigenvalue weighted by Crippen LogP contribution is -2.51. The Morgan fingerprint density at radius 2 is 1.89 bits per heavy atom. The van der Waals surface area contributed by atoms with Crippen molar-refractivity contribution in [3.05, 3.63) is 11.6 Å².